The number of aliphatic hydroxyl groups is 4. The van der Waals surface area contributed by atoms with Crippen LogP contribution in [-0.2, 0) is 37.4 Å². The van der Waals surface area contributed by atoms with Gasteiger partial charge >= 0.3 is 18.5 Å². The second kappa shape index (κ2) is 20.3. The van der Waals surface area contributed by atoms with Crippen LogP contribution in [0.1, 0.15) is 110 Å². The second-order valence-electron chi connectivity index (χ2n) is 20.8. The Labute approximate surface area is 403 Å². The number of anilines is 1. The Morgan fingerprint density at radius 3 is 2.61 bits per heavy atom. The lowest BCUT2D eigenvalue weighted by atomic mass is 9.43. The summed E-state index contributed by atoms with van der Waals surface area (Å²) in [4.78, 5) is 52.6. The van der Waals surface area contributed by atoms with Gasteiger partial charge in [0.25, 0.3) is 5.56 Å². The van der Waals surface area contributed by atoms with Crippen molar-refractivity contribution in [3.63, 3.8) is 0 Å². The number of hydrogen-bond donors (Lipinski definition) is 6. The van der Waals surface area contributed by atoms with E-state index in [1.54, 1.807) is 4.57 Å². The van der Waals surface area contributed by atoms with Crippen molar-refractivity contribution >= 4 is 41.1 Å². The molecule has 0 bridgehead atoms. The van der Waals surface area contributed by atoms with Gasteiger partial charge in [-0.05, 0) is 111 Å². The first kappa shape index (κ1) is 50.7. The molecule has 382 valence electrons. The van der Waals surface area contributed by atoms with Gasteiger partial charge in [-0.15, -0.1) is 0 Å². The van der Waals surface area contributed by atoms with E-state index in [9.17, 15) is 39.4 Å². The number of methoxy groups -OCH3 is 1. The minimum atomic E-state index is -4.44. The van der Waals surface area contributed by atoms with E-state index in [0.717, 1.165) is 68.4 Å². The fourth-order valence-corrected chi connectivity index (χ4v) is 16.6. The molecule has 0 spiro atoms. The molecule has 0 amide bonds. The van der Waals surface area contributed by atoms with Gasteiger partial charge in [-0.1, -0.05) is 20.8 Å². The number of aromatic amines is 1. The van der Waals surface area contributed by atoms with Crippen molar-refractivity contribution in [2.45, 2.75) is 153 Å². The maximum Gasteiger partial charge on any atom is 0.392 e. The molecule has 9 rings (SSSR count). The third-order valence-electron chi connectivity index (χ3n) is 17.4. The number of rotatable bonds is 17. The van der Waals surface area contributed by atoms with Crippen molar-refractivity contribution in [1.29, 1.82) is 0 Å². The van der Waals surface area contributed by atoms with Gasteiger partial charge in [0, 0.05) is 43.6 Å². The Bertz CT molecular complexity index is 2480. The summed E-state index contributed by atoms with van der Waals surface area (Å²) in [7, 11) is 1.31. The van der Waals surface area contributed by atoms with Gasteiger partial charge < -0.3 is 45.1 Å². The van der Waals surface area contributed by atoms with Crippen LogP contribution in [0.2, 0.25) is 0 Å². The third kappa shape index (κ3) is 9.62. The van der Waals surface area contributed by atoms with Crippen molar-refractivity contribution in [2.24, 2.45) is 46.3 Å². The summed E-state index contributed by atoms with van der Waals surface area (Å²) < 4.78 is 53.0. The number of nitrogens with one attached hydrogen (secondary N) is 1. The summed E-state index contributed by atoms with van der Waals surface area (Å²) in [5.74, 6) is 1.80. The molecule has 12 unspecified atom stereocenters. The lowest BCUT2D eigenvalue weighted by molar-refractivity contribution is -0.175. The molecule has 7 N–H and O–H groups in total. The Hall–Kier alpha value is -3.28. The van der Waals surface area contributed by atoms with E-state index in [1.165, 1.54) is 26.0 Å². The standard InChI is InChI=1S/C46H68N7O14PS/c1-24(28-10-11-29-27-9-8-25-16-26(55)12-14-45(25,2)30(27)17-34(57)46(28,29)3)6-5-7-37(59)63-23-69-68(61,67-39-32(19-54)66-43(40(39)62-4)52-15-13-35(58)51-44(52)60)64-20-33-31(56)18-36(65-33)53-22-50-38-41(47)48-21-49-42(38)53/h13,15,21-22,24-34,36,39-40,43,54-57H,5-12,14,16-20,23H2,1-4H3,(H2,47,48,49)(H,51,58,60)/t24?,25?,26?,27?,28?,29?,30?,31-,32-,33-,34?,36-,39+,40?,43-,45?,46?,68?/m1/s1. The number of H-pyrrole nitrogens is 1. The molecule has 18 atom stereocenters. The van der Waals surface area contributed by atoms with Gasteiger partial charge in [-0.25, -0.2) is 24.3 Å². The highest BCUT2D eigenvalue weighted by Gasteiger charge is 2.64. The number of hydrogen-bond acceptors (Lipinski definition) is 19. The van der Waals surface area contributed by atoms with E-state index in [-0.39, 0.29) is 41.5 Å². The second-order valence-corrected chi connectivity index (χ2v) is 24.8. The van der Waals surface area contributed by atoms with E-state index in [1.807, 2.05) is 0 Å². The Kier molecular flexibility index (Phi) is 14.9. The smallest absolute Gasteiger partial charge is 0.392 e. The van der Waals surface area contributed by atoms with Crippen LogP contribution in [0.3, 0.4) is 0 Å². The summed E-state index contributed by atoms with van der Waals surface area (Å²) >= 11 is 0.577. The number of fused-ring (bicyclic) bond motifs is 6. The van der Waals surface area contributed by atoms with Gasteiger partial charge in [0.05, 0.1) is 37.9 Å². The minimum Gasteiger partial charge on any atom is -0.454 e. The SMILES string of the molecule is COC1[C@@H](OP(=O)(OC[C@H]2O[C@@H](n3cnc4c(N)ncnc43)C[C@H]2O)SCOC(=O)CCCC(C)C2CCC3C4CCC5CC(O)CCC5(C)C4CC(O)C23C)[C@@H](CO)O[C@H]1n1ccc(=O)[nH]c1=O. The number of ether oxygens (including phenoxy) is 4. The first-order chi connectivity index (χ1) is 33.0. The summed E-state index contributed by atoms with van der Waals surface area (Å²) in [6.07, 6.45) is 5.11. The monoisotopic (exact) mass is 1010 g/mol. The maximum atomic E-state index is 14.8. The summed E-state index contributed by atoms with van der Waals surface area (Å²) in [6, 6.07) is 1.11. The molecule has 3 aromatic heterocycles. The number of nitrogens with zero attached hydrogens (tertiary/aromatic N) is 5. The van der Waals surface area contributed by atoms with E-state index in [2.05, 4.69) is 40.7 Å². The number of imidazole rings is 1. The quantitative estimate of drug-likeness (QED) is 0.0631. The molecule has 69 heavy (non-hydrogen) atoms. The number of esters is 1. The van der Waals surface area contributed by atoms with Gasteiger partial charge in [-0.2, -0.15) is 0 Å². The Morgan fingerprint density at radius 2 is 1.84 bits per heavy atom. The van der Waals surface area contributed by atoms with E-state index >= 15 is 0 Å². The average Bonchev–Trinajstić information content (AvgIpc) is 4.09. The molecule has 2 saturated heterocycles. The predicted molar refractivity (Wildman–Crippen MR) is 250 cm³/mol. The molecule has 4 aliphatic carbocycles. The van der Waals surface area contributed by atoms with Crippen molar-refractivity contribution in [1.82, 2.24) is 29.1 Å². The minimum absolute atomic E-state index is 0.0940. The van der Waals surface area contributed by atoms with Crippen molar-refractivity contribution < 1.29 is 57.8 Å². The van der Waals surface area contributed by atoms with Crippen LogP contribution < -0.4 is 17.0 Å². The molecule has 6 aliphatic rings. The van der Waals surface area contributed by atoms with Crippen LogP contribution in [0.4, 0.5) is 5.82 Å². The molecule has 0 aromatic carbocycles. The van der Waals surface area contributed by atoms with Crippen LogP contribution in [-0.4, -0.2) is 124 Å². The number of aliphatic hydroxyl groups excluding tert-OH is 4. The first-order valence-electron chi connectivity index (χ1n) is 24.4. The number of nitrogen functional groups attached to an aromatic ring is 1. The van der Waals surface area contributed by atoms with Crippen LogP contribution in [0.25, 0.3) is 11.2 Å². The zero-order chi connectivity index (χ0) is 49.0. The van der Waals surface area contributed by atoms with Gasteiger partial charge in [0.2, 0.25) is 0 Å². The fourth-order valence-electron chi connectivity index (χ4n) is 13.8. The van der Waals surface area contributed by atoms with E-state index < -0.39 is 92.2 Å². The molecule has 21 nitrogen and oxygen atoms in total. The normalized spacial score (nSPS) is 38.8. The number of carbonyl (C=O) groups is 1. The summed E-state index contributed by atoms with van der Waals surface area (Å²) in [5, 5.41) is 44.0. The third-order valence-corrected chi connectivity index (χ3v) is 20.7. The molecular formula is C46H68N7O14PS. The molecule has 6 fully saturated rings. The molecule has 0 radical (unpaired) electrons. The van der Waals surface area contributed by atoms with Crippen LogP contribution in [0.5, 0.6) is 0 Å². The van der Waals surface area contributed by atoms with Crippen molar-refractivity contribution in [3.8, 4) is 0 Å². The molecule has 23 heteroatoms. The van der Waals surface area contributed by atoms with Gasteiger partial charge in [0.1, 0.15) is 48.4 Å². The lowest BCUT2D eigenvalue weighted by Gasteiger charge is -2.62. The first-order valence-corrected chi connectivity index (χ1v) is 27.6. The zero-order valence-corrected chi connectivity index (χ0v) is 41.3. The lowest BCUT2D eigenvalue weighted by Crippen LogP contribution is -2.58. The van der Waals surface area contributed by atoms with Gasteiger partial charge in [0.15, 0.2) is 17.7 Å². The summed E-state index contributed by atoms with van der Waals surface area (Å²) in [5.41, 5.74) is 5.21. The Morgan fingerprint density at radius 1 is 1.03 bits per heavy atom. The van der Waals surface area contributed by atoms with Crippen LogP contribution in [0, 0.1) is 46.3 Å². The summed E-state index contributed by atoms with van der Waals surface area (Å²) in [6.45, 7) is 1.44. The van der Waals surface area contributed by atoms with Crippen LogP contribution in [0.15, 0.2) is 34.5 Å². The zero-order valence-electron chi connectivity index (χ0n) is 39.6. The highest BCUT2D eigenvalue weighted by atomic mass is 32.7. The molecule has 2 aliphatic heterocycles. The Balaban J connectivity index is 0.830. The van der Waals surface area contributed by atoms with Crippen LogP contribution >= 0.6 is 18.2 Å². The number of carbonyl (C=O) groups excluding carboxylic acids is 1. The largest absolute Gasteiger partial charge is 0.454 e. The number of nitrogens with two attached hydrogens (primary N) is 1. The van der Waals surface area contributed by atoms with E-state index in [4.69, 9.17) is 33.7 Å². The molecule has 3 aromatic rings. The highest BCUT2D eigenvalue weighted by molar-refractivity contribution is 8.55. The molecular weight excluding hydrogens is 938 g/mol. The molecule has 5 heterocycles. The topological polar surface area (TPSA) is 295 Å². The van der Waals surface area contributed by atoms with E-state index in [0.29, 0.717) is 58.6 Å². The maximum absolute atomic E-state index is 14.8. The predicted octanol–water partition coefficient (Wildman–Crippen LogP) is 4.05. The number of aromatic nitrogens is 6. The highest BCUT2D eigenvalue weighted by Crippen LogP contribution is 2.69. The fraction of sp³-hybridized carbons (Fsp3) is 0.783. The van der Waals surface area contributed by atoms with Crippen molar-refractivity contribution in [2.75, 3.05) is 32.0 Å². The molecule has 4 saturated carbocycles. The van der Waals surface area contributed by atoms with Gasteiger partial charge in [-0.3, -0.25) is 32.8 Å². The van der Waals surface area contributed by atoms with Crippen molar-refractivity contribution in [3.05, 3.63) is 45.8 Å². The average molecular weight is 1010 g/mol.